The van der Waals surface area contributed by atoms with E-state index in [1.807, 2.05) is 20.8 Å². The Kier molecular flexibility index (Phi) is 5.05. The van der Waals surface area contributed by atoms with Crippen molar-refractivity contribution < 1.29 is 18.3 Å². The molecule has 0 aliphatic heterocycles. The maximum absolute atomic E-state index is 12.0. The van der Waals surface area contributed by atoms with E-state index in [0.29, 0.717) is 5.56 Å². The van der Waals surface area contributed by atoms with Gasteiger partial charge in [0.1, 0.15) is 5.75 Å². The topological polar surface area (TPSA) is 75.6 Å². The van der Waals surface area contributed by atoms with Gasteiger partial charge in [-0.3, -0.25) is 4.72 Å². The Morgan fingerprint density at radius 1 is 1.35 bits per heavy atom. The molecule has 1 aromatic carbocycles. The summed E-state index contributed by atoms with van der Waals surface area (Å²) in [7, 11) is -2.11. The summed E-state index contributed by atoms with van der Waals surface area (Å²) in [5.41, 5.74) is 0.615. The van der Waals surface area contributed by atoms with Crippen LogP contribution in [0.5, 0.6) is 5.75 Å². The van der Waals surface area contributed by atoms with E-state index in [-0.39, 0.29) is 22.6 Å². The Balaban J connectivity index is 3.05. The zero-order valence-corrected chi connectivity index (χ0v) is 13.4. The number of rotatable bonds is 5. The molecule has 0 unspecified atom stereocenters. The summed E-state index contributed by atoms with van der Waals surface area (Å²) in [5, 5.41) is 10.2. The number of phenols is 1. The Hall–Kier alpha value is -1.27. The van der Waals surface area contributed by atoms with Gasteiger partial charge in [-0.05, 0) is 18.4 Å². The summed E-state index contributed by atoms with van der Waals surface area (Å²) >= 11 is 0. The van der Waals surface area contributed by atoms with Crippen molar-refractivity contribution in [3.8, 4) is 5.75 Å². The van der Waals surface area contributed by atoms with Crippen LogP contribution in [0.1, 0.15) is 33.3 Å². The van der Waals surface area contributed by atoms with Gasteiger partial charge in [0.05, 0.1) is 17.5 Å². The van der Waals surface area contributed by atoms with Gasteiger partial charge in [0, 0.05) is 12.7 Å². The normalized spacial score (nSPS) is 14.1. The minimum absolute atomic E-state index is 0.0337. The number of anilines is 1. The third kappa shape index (κ3) is 4.38. The maximum atomic E-state index is 12.0. The highest BCUT2D eigenvalue weighted by Crippen LogP contribution is 2.36. The lowest BCUT2D eigenvalue weighted by Gasteiger charge is -2.22. The number of para-hydroxylation sites is 1. The number of nitrogens with one attached hydrogen (secondary N) is 1. The first-order valence-corrected chi connectivity index (χ1v) is 8.08. The van der Waals surface area contributed by atoms with Crippen LogP contribution in [0.4, 0.5) is 5.69 Å². The van der Waals surface area contributed by atoms with Gasteiger partial charge in [0.25, 0.3) is 0 Å². The first-order valence-electron chi connectivity index (χ1n) is 6.42. The van der Waals surface area contributed by atoms with Crippen molar-refractivity contribution in [3.05, 3.63) is 23.8 Å². The van der Waals surface area contributed by atoms with Gasteiger partial charge in [0.15, 0.2) is 0 Å². The lowest BCUT2D eigenvalue weighted by atomic mass is 9.86. The fraction of sp³-hybridized carbons (Fsp3) is 0.571. The van der Waals surface area contributed by atoms with Crippen LogP contribution in [-0.4, -0.2) is 32.5 Å². The molecule has 1 atom stereocenters. The van der Waals surface area contributed by atoms with Crippen LogP contribution >= 0.6 is 0 Å². The second kappa shape index (κ2) is 6.01. The molecule has 0 bridgehead atoms. The third-order valence-electron chi connectivity index (χ3n) is 2.97. The predicted octanol–water partition coefficient (Wildman–Crippen LogP) is 2.47. The predicted molar refractivity (Wildman–Crippen MR) is 80.7 cm³/mol. The molecule has 0 aliphatic rings. The van der Waals surface area contributed by atoms with Crippen LogP contribution in [0.2, 0.25) is 0 Å². The molecule has 0 amide bonds. The quantitative estimate of drug-likeness (QED) is 0.819. The molecule has 0 spiro atoms. The second-order valence-electron chi connectivity index (χ2n) is 5.88. The molecule has 0 heterocycles. The first kappa shape index (κ1) is 16.8. The molecular weight excluding hydrogens is 278 g/mol. The minimum Gasteiger partial charge on any atom is -0.505 e. The fourth-order valence-electron chi connectivity index (χ4n) is 1.82. The number of aromatic hydroxyl groups is 1. The second-order valence-corrected chi connectivity index (χ2v) is 7.65. The Labute approximate surface area is 121 Å². The maximum Gasteiger partial charge on any atom is 0.235 e. The molecule has 2 N–H and O–H groups in total. The monoisotopic (exact) mass is 301 g/mol. The lowest BCUT2D eigenvalue weighted by molar-refractivity contribution is 0.136. The van der Waals surface area contributed by atoms with Crippen LogP contribution in [0.15, 0.2) is 18.2 Å². The molecule has 6 heteroatoms. The summed E-state index contributed by atoms with van der Waals surface area (Å²) < 4.78 is 31.3. The largest absolute Gasteiger partial charge is 0.505 e. The van der Waals surface area contributed by atoms with Crippen molar-refractivity contribution in [2.75, 3.05) is 17.6 Å². The van der Waals surface area contributed by atoms with Crippen LogP contribution < -0.4 is 4.72 Å². The number of benzene rings is 1. The van der Waals surface area contributed by atoms with E-state index in [4.69, 9.17) is 4.74 Å². The van der Waals surface area contributed by atoms with Gasteiger partial charge < -0.3 is 9.84 Å². The van der Waals surface area contributed by atoms with Crippen molar-refractivity contribution in [3.63, 3.8) is 0 Å². The van der Waals surface area contributed by atoms with Gasteiger partial charge in [0.2, 0.25) is 10.0 Å². The number of hydrogen-bond acceptors (Lipinski definition) is 4. The smallest absolute Gasteiger partial charge is 0.235 e. The number of methoxy groups -OCH3 is 1. The van der Waals surface area contributed by atoms with Gasteiger partial charge in [-0.15, -0.1) is 0 Å². The Bertz CT molecular complexity index is 561. The number of phenolic OH excluding ortho intramolecular Hbond substituents is 1. The van der Waals surface area contributed by atoms with Gasteiger partial charge in [-0.25, -0.2) is 8.42 Å². The summed E-state index contributed by atoms with van der Waals surface area (Å²) in [6.07, 6.45) is -0.416. The molecule has 0 radical (unpaired) electrons. The van der Waals surface area contributed by atoms with E-state index in [1.54, 1.807) is 25.1 Å². The van der Waals surface area contributed by atoms with Gasteiger partial charge in [-0.1, -0.05) is 32.9 Å². The number of ether oxygens (including phenoxy) is 1. The van der Waals surface area contributed by atoms with E-state index < -0.39 is 16.1 Å². The Morgan fingerprint density at radius 2 is 1.95 bits per heavy atom. The molecule has 0 saturated heterocycles. The molecule has 5 nitrogen and oxygen atoms in total. The van der Waals surface area contributed by atoms with Crippen molar-refractivity contribution in [1.82, 2.24) is 0 Å². The van der Waals surface area contributed by atoms with E-state index in [1.165, 1.54) is 7.11 Å². The minimum atomic E-state index is -3.57. The molecule has 1 aromatic rings. The van der Waals surface area contributed by atoms with Crippen LogP contribution in [-0.2, 0) is 20.2 Å². The van der Waals surface area contributed by atoms with E-state index in [2.05, 4.69) is 4.72 Å². The molecule has 1 rings (SSSR count). The highest BCUT2D eigenvalue weighted by Gasteiger charge is 2.22. The van der Waals surface area contributed by atoms with Crippen molar-refractivity contribution in [1.29, 1.82) is 0 Å². The zero-order valence-electron chi connectivity index (χ0n) is 12.6. The summed E-state index contributed by atoms with van der Waals surface area (Å²) in [4.78, 5) is 0. The zero-order chi connectivity index (χ0) is 15.6. The van der Waals surface area contributed by atoms with Crippen molar-refractivity contribution in [2.24, 2.45) is 0 Å². The molecule has 0 aromatic heterocycles. The first-order chi connectivity index (χ1) is 9.07. The highest BCUT2D eigenvalue weighted by molar-refractivity contribution is 7.92. The molecule has 0 saturated carbocycles. The van der Waals surface area contributed by atoms with E-state index in [9.17, 15) is 13.5 Å². The summed E-state index contributed by atoms with van der Waals surface area (Å²) in [6, 6.07) is 5.04. The summed E-state index contributed by atoms with van der Waals surface area (Å²) in [5.74, 6) is -0.198. The SMILES string of the molecule is CO[C@@H](C)CS(=O)(=O)Nc1cccc(C(C)(C)C)c1O. The van der Waals surface area contributed by atoms with Crippen LogP contribution in [0.3, 0.4) is 0 Å². The number of hydrogen-bond donors (Lipinski definition) is 2. The average Bonchev–Trinajstić information content (AvgIpc) is 2.29. The molecule has 20 heavy (non-hydrogen) atoms. The Morgan fingerprint density at radius 3 is 2.45 bits per heavy atom. The third-order valence-corrected chi connectivity index (χ3v) is 4.41. The van der Waals surface area contributed by atoms with Crippen LogP contribution in [0, 0.1) is 0 Å². The van der Waals surface area contributed by atoms with Gasteiger partial charge >= 0.3 is 0 Å². The summed E-state index contributed by atoms with van der Waals surface area (Å²) in [6.45, 7) is 7.53. The average molecular weight is 301 g/mol. The standard InChI is InChI=1S/C14H23NO4S/c1-10(19-5)9-20(17,18)15-12-8-6-7-11(13(12)16)14(2,3)4/h6-8,10,15-16H,9H2,1-5H3/t10-/m0/s1. The van der Waals surface area contributed by atoms with Gasteiger partial charge in [-0.2, -0.15) is 0 Å². The molecule has 0 fully saturated rings. The molecule has 114 valence electrons. The molecule has 0 aliphatic carbocycles. The van der Waals surface area contributed by atoms with Crippen molar-refractivity contribution in [2.45, 2.75) is 39.2 Å². The van der Waals surface area contributed by atoms with Crippen molar-refractivity contribution >= 4 is 15.7 Å². The van der Waals surface area contributed by atoms with E-state index in [0.717, 1.165) is 0 Å². The van der Waals surface area contributed by atoms with E-state index >= 15 is 0 Å². The van der Waals surface area contributed by atoms with Crippen LogP contribution in [0.25, 0.3) is 0 Å². The lowest BCUT2D eigenvalue weighted by Crippen LogP contribution is -2.25. The molecular formula is C14H23NO4S. The highest BCUT2D eigenvalue weighted by atomic mass is 32.2. The fourth-order valence-corrected chi connectivity index (χ4v) is 3.15. The number of sulfonamides is 1.